The molecule has 1 unspecified atom stereocenters. The van der Waals surface area contributed by atoms with Crippen molar-refractivity contribution in [3.63, 3.8) is 0 Å². The van der Waals surface area contributed by atoms with Crippen molar-refractivity contribution in [3.05, 3.63) is 47.2 Å². The van der Waals surface area contributed by atoms with Gasteiger partial charge in [-0.3, -0.25) is 0 Å². The lowest BCUT2D eigenvalue weighted by molar-refractivity contribution is 0.894. The fraction of sp³-hybridized carbons (Fsp3) is 0.154. The normalized spacial score (nSPS) is 17.7. The van der Waals surface area contributed by atoms with Crippen LogP contribution in [0, 0.1) is 0 Å². The molecule has 1 atom stereocenters. The zero-order valence-corrected chi connectivity index (χ0v) is 10.3. The van der Waals surface area contributed by atoms with Crippen LogP contribution in [0.4, 0.5) is 5.69 Å². The van der Waals surface area contributed by atoms with E-state index in [1.807, 2.05) is 0 Å². The molecule has 0 aliphatic carbocycles. The quantitative estimate of drug-likeness (QED) is 0.725. The molecule has 3 heterocycles. The monoisotopic (exact) mass is 254 g/mol. The van der Waals surface area contributed by atoms with Crippen LogP contribution in [-0.2, 0) is 0 Å². The average Bonchev–Trinajstić information content (AvgIpc) is 3.02. The average molecular weight is 254 g/mol. The minimum Gasteiger partial charge on any atom is -0.384 e. The maximum absolute atomic E-state index is 4.60. The highest BCUT2D eigenvalue weighted by molar-refractivity contribution is 7.18. The summed E-state index contributed by atoms with van der Waals surface area (Å²) < 4.78 is 0. The van der Waals surface area contributed by atoms with Crippen molar-refractivity contribution in [2.24, 2.45) is 0 Å². The van der Waals surface area contributed by atoms with Gasteiger partial charge in [0, 0.05) is 24.6 Å². The molecule has 1 aromatic carbocycles. The van der Waals surface area contributed by atoms with E-state index in [0.29, 0.717) is 5.92 Å². The molecule has 88 valence electrons. The highest BCUT2D eigenvalue weighted by atomic mass is 32.1. The van der Waals surface area contributed by atoms with E-state index in [0.717, 1.165) is 22.0 Å². The number of para-hydroxylation sites is 1. The molecule has 0 spiro atoms. The first-order valence-electron chi connectivity index (χ1n) is 5.82. The van der Waals surface area contributed by atoms with Crippen LogP contribution in [0.1, 0.15) is 16.5 Å². The number of nitrogens with one attached hydrogen (secondary N) is 1. The fourth-order valence-electron chi connectivity index (χ4n) is 2.35. The molecule has 3 aromatic rings. The van der Waals surface area contributed by atoms with Gasteiger partial charge in [0.05, 0.1) is 5.92 Å². The third-order valence-electron chi connectivity index (χ3n) is 3.19. The van der Waals surface area contributed by atoms with Crippen LogP contribution in [0.2, 0.25) is 0 Å². The van der Waals surface area contributed by atoms with Crippen molar-refractivity contribution < 1.29 is 0 Å². The van der Waals surface area contributed by atoms with E-state index in [4.69, 9.17) is 0 Å². The molecule has 0 fully saturated rings. The molecule has 2 aromatic heterocycles. The zero-order chi connectivity index (χ0) is 11.9. The summed E-state index contributed by atoms with van der Waals surface area (Å²) in [5.74, 6) is 0.321. The van der Waals surface area contributed by atoms with Crippen LogP contribution >= 0.6 is 11.3 Å². The topological polar surface area (TPSA) is 50.7 Å². The van der Waals surface area contributed by atoms with Gasteiger partial charge in [0.15, 0.2) is 10.5 Å². The number of hydrogen-bond acceptors (Lipinski definition) is 5. The Morgan fingerprint density at radius 2 is 2.06 bits per heavy atom. The number of thiazole rings is 1. The number of aromatic nitrogens is 3. The highest BCUT2D eigenvalue weighted by Crippen LogP contribution is 2.38. The Morgan fingerprint density at radius 1 is 1.17 bits per heavy atom. The van der Waals surface area contributed by atoms with Crippen LogP contribution in [0.15, 0.2) is 36.7 Å². The molecule has 5 heteroatoms. The fourth-order valence-corrected chi connectivity index (χ4v) is 3.33. The third kappa shape index (κ3) is 1.41. The number of anilines is 1. The molecule has 0 saturated heterocycles. The summed E-state index contributed by atoms with van der Waals surface area (Å²) in [6.07, 6.45) is 3.40. The van der Waals surface area contributed by atoms with Crippen molar-refractivity contribution in [1.29, 1.82) is 0 Å². The maximum Gasteiger partial charge on any atom is 0.189 e. The summed E-state index contributed by atoms with van der Waals surface area (Å²) >= 11 is 1.63. The van der Waals surface area contributed by atoms with Gasteiger partial charge in [-0.2, -0.15) is 0 Å². The Hall–Kier alpha value is -2.01. The van der Waals surface area contributed by atoms with Gasteiger partial charge in [-0.25, -0.2) is 15.0 Å². The summed E-state index contributed by atoms with van der Waals surface area (Å²) in [6.45, 7) is 0.902. The first-order valence-corrected chi connectivity index (χ1v) is 6.64. The maximum atomic E-state index is 4.60. The Balaban J connectivity index is 1.85. The number of hydrogen-bond donors (Lipinski definition) is 1. The van der Waals surface area contributed by atoms with Crippen molar-refractivity contribution in [2.75, 3.05) is 11.9 Å². The van der Waals surface area contributed by atoms with Crippen LogP contribution in [0.5, 0.6) is 0 Å². The summed E-state index contributed by atoms with van der Waals surface area (Å²) in [4.78, 5) is 14.1. The molecule has 4 rings (SSSR count). The van der Waals surface area contributed by atoms with Gasteiger partial charge >= 0.3 is 0 Å². The molecular formula is C13H10N4S. The Labute approximate surface area is 108 Å². The first-order chi connectivity index (χ1) is 8.92. The summed E-state index contributed by atoms with van der Waals surface area (Å²) in [7, 11) is 0. The number of fused-ring (bicyclic) bond motifs is 2. The van der Waals surface area contributed by atoms with Gasteiger partial charge in [0.25, 0.3) is 0 Å². The first kappa shape index (κ1) is 9.96. The largest absolute Gasteiger partial charge is 0.384 e. The summed E-state index contributed by atoms with van der Waals surface area (Å²) in [6, 6.07) is 8.39. The van der Waals surface area contributed by atoms with Crippen LogP contribution in [-0.4, -0.2) is 21.5 Å². The van der Waals surface area contributed by atoms with Crippen molar-refractivity contribution in [3.8, 4) is 0 Å². The Morgan fingerprint density at radius 3 is 3.00 bits per heavy atom. The molecule has 1 aliphatic heterocycles. The Bertz CT molecular complexity index is 689. The Kier molecular flexibility index (Phi) is 2.07. The lowest BCUT2D eigenvalue weighted by Crippen LogP contribution is -2.02. The minimum atomic E-state index is 0.321. The second-order valence-electron chi connectivity index (χ2n) is 4.26. The van der Waals surface area contributed by atoms with Crippen LogP contribution in [0.3, 0.4) is 0 Å². The van der Waals surface area contributed by atoms with Crippen molar-refractivity contribution in [2.45, 2.75) is 5.92 Å². The van der Waals surface area contributed by atoms with E-state index in [1.165, 1.54) is 11.3 Å². The van der Waals surface area contributed by atoms with Gasteiger partial charge in [-0.1, -0.05) is 29.5 Å². The van der Waals surface area contributed by atoms with Gasteiger partial charge in [0.2, 0.25) is 0 Å². The van der Waals surface area contributed by atoms with Gasteiger partial charge in [-0.05, 0) is 11.6 Å². The van der Waals surface area contributed by atoms with E-state index < -0.39 is 0 Å². The molecule has 1 aliphatic rings. The SMILES string of the molecule is c1ccc2c(c1)NCC2c1nc2nccnc2s1. The van der Waals surface area contributed by atoms with E-state index in [1.54, 1.807) is 23.7 Å². The minimum absolute atomic E-state index is 0.321. The van der Waals surface area contributed by atoms with Crippen molar-refractivity contribution >= 4 is 27.5 Å². The van der Waals surface area contributed by atoms with Gasteiger partial charge in [0.1, 0.15) is 5.01 Å². The molecule has 18 heavy (non-hydrogen) atoms. The lowest BCUT2D eigenvalue weighted by Gasteiger charge is -2.04. The molecule has 0 bridgehead atoms. The molecule has 0 radical (unpaired) electrons. The second-order valence-corrected chi connectivity index (χ2v) is 5.27. The molecule has 0 saturated carbocycles. The standard InChI is InChI=1S/C13H10N4S/c1-2-4-10-8(3-1)9(7-16-10)12-17-11-13(18-12)15-6-5-14-11/h1-6,9,16H,7H2. The summed E-state index contributed by atoms with van der Waals surface area (Å²) in [5.41, 5.74) is 3.28. The molecule has 0 amide bonds. The van der Waals surface area contributed by atoms with Crippen molar-refractivity contribution in [1.82, 2.24) is 15.0 Å². The molecule has 4 nitrogen and oxygen atoms in total. The number of nitrogens with zero attached hydrogens (tertiary/aromatic N) is 3. The number of benzene rings is 1. The van der Waals surface area contributed by atoms with Gasteiger partial charge in [-0.15, -0.1) is 0 Å². The third-order valence-corrected chi connectivity index (χ3v) is 4.26. The summed E-state index contributed by atoms with van der Waals surface area (Å²) in [5, 5.41) is 4.51. The zero-order valence-electron chi connectivity index (χ0n) is 9.50. The van der Waals surface area contributed by atoms with E-state index in [9.17, 15) is 0 Å². The molecule has 1 N–H and O–H groups in total. The van der Waals surface area contributed by atoms with Gasteiger partial charge < -0.3 is 5.32 Å². The second kappa shape index (κ2) is 3.74. The highest BCUT2D eigenvalue weighted by Gasteiger charge is 2.26. The van der Waals surface area contributed by atoms with E-state index in [2.05, 4.69) is 44.5 Å². The smallest absolute Gasteiger partial charge is 0.189 e. The number of rotatable bonds is 1. The van der Waals surface area contributed by atoms with Crippen LogP contribution in [0.25, 0.3) is 10.5 Å². The van der Waals surface area contributed by atoms with Crippen LogP contribution < -0.4 is 5.32 Å². The lowest BCUT2D eigenvalue weighted by atomic mass is 10.0. The predicted octanol–water partition coefficient (Wildman–Crippen LogP) is 2.64. The predicted molar refractivity (Wildman–Crippen MR) is 72.0 cm³/mol. The van der Waals surface area contributed by atoms with E-state index in [-0.39, 0.29) is 0 Å². The van der Waals surface area contributed by atoms with E-state index >= 15 is 0 Å². The molecular weight excluding hydrogens is 244 g/mol.